The molecule has 0 spiro atoms. The van der Waals surface area contributed by atoms with Gasteiger partial charge in [-0.2, -0.15) is 0 Å². The summed E-state index contributed by atoms with van der Waals surface area (Å²) in [6, 6.07) is 2.01. The van der Waals surface area contributed by atoms with E-state index in [4.69, 9.17) is 10.2 Å². The molecule has 1 heterocycles. The van der Waals surface area contributed by atoms with Crippen LogP contribution in [0.25, 0.3) is 0 Å². The molecule has 1 aliphatic carbocycles. The average molecular weight is 312 g/mol. The first-order valence-electron chi connectivity index (χ1n) is 6.56. The Morgan fingerprint density at radius 1 is 1.33 bits per heavy atom. The number of anilines is 1. The number of amides is 2. The van der Waals surface area contributed by atoms with E-state index < -0.39 is 17.9 Å². The van der Waals surface area contributed by atoms with Gasteiger partial charge in [0, 0.05) is 18.9 Å². The van der Waals surface area contributed by atoms with Gasteiger partial charge < -0.3 is 20.8 Å². The average Bonchev–Trinajstić information content (AvgIpc) is 3.18. The molecule has 0 aromatic carbocycles. The minimum Gasteiger partial charge on any atom is -0.480 e. The number of carboxylic acid groups (broad SMARTS) is 1. The summed E-state index contributed by atoms with van der Waals surface area (Å²) in [5.74, 6) is -1.71. The molecule has 2 amide bonds. The first-order valence-corrected chi connectivity index (χ1v) is 7.38. The van der Waals surface area contributed by atoms with Crippen molar-refractivity contribution in [3.05, 3.63) is 17.0 Å². The van der Waals surface area contributed by atoms with Crippen molar-refractivity contribution in [2.45, 2.75) is 25.3 Å². The number of hydrogen-bond acceptors (Lipinski definition) is 5. The van der Waals surface area contributed by atoms with Gasteiger partial charge in [0.05, 0.1) is 9.88 Å². The van der Waals surface area contributed by atoms with Crippen molar-refractivity contribution in [1.82, 2.24) is 5.32 Å². The Balaban J connectivity index is 1.94. The first kappa shape index (κ1) is 15.5. The Hall–Kier alpha value is -1.93. The standard InChI is InChI=1S/C13H16N2O5S/c16-6-5-8(13(19)20)14-12(18)9-3-4-10(21-9)15-11(17)7-1-2-7/h3-4,7-8,16H,1-2,5-6H2,(H,14,18)(H,15,17)(H,19,20). The lowest BCUT2D eigenvalue weighted by molar-refractivity contribution is -0.139. The minimum atomic E-state index is -1.20. The van der Waals surface area contributed by atoms with Crippen LogP contribution in [0.5, 0.6) is 0 Å². The summed E-state index contributed by atoms with van der Waals surface area (Å²) in [7, 11) is 0. The Bertz CT molecular complexity index is 553. The van der Waals surface area contributed by atoms with Crippen molar-refractivity contribution < 1.29 is 24.6 Å². The third kappa shape index (κ3) is 4.27. The molecular weight excluding hydrogens is 296 g/mol. The number of carboxylic acids is 1. The zero-order valence-corrected chi connectivity index (χ0v) is 12.0. The molecule has 4 N–H and O–H groups in total. The minimum absolute atomic E-state index is 0.0486. The molecular formula is C13H16N2O5S. The lowest BCUT2D eigenvalue weighted by Gasteiger charge is -2.12. The van der Waals surface area contributed by atoms with E-state index in [9.17, 15) is 14.4 Å². The monoisotopic (exact) mass is 312 g/mol. The fourth-order valence-electron chi connectivity index (χ4n) is 1.71. The fraction of sp³-hybridized carbons (Fsp3) is 0.462. The smallest absolute Gasteiger partial charge is 0.326 e. The van der Waals surface area contributed by atoms with Crippen LogP contribution in [0.3, 0.4) is 0 Å². The molecule has 0 aliphatic heterocycles. The van der Waals surface area contributed by atoms with E-state index in [1.807, 2.05) is 0 Å². The quantitative estimate of drug-likeness (QED) is 0.590. The van der Waals surface area contributed by atoms with Gasteiger partial charge >= 0.3 is 5.97 Å². The highest BCUT2D eigenvalue weighted by atomic mass is 32.1. The molecule has 1 aromatic heterocycles. The van der Waals surface area contributed by atoms with Crippen LogP contribution in [0.4, 0.5) is 5.00 Å². The largest absolute Gasteiger partial charge is 0.480 e. The van der Waals surface area contributed by atoms with Gasteiger partial charge in [0.1, 0.15) is 6.04 Å². The number of carbonyl (C=O) groups excluding carboxylic acids is 2. The highest BCUT2D eigenvalue weighted by Crippen LogP contribution is 2.31. The normalized spacial score (nSPS) is 15.3. The summed E-state index contributed by atoms with van der Waals surface area (Å²) in [6.45, 7) is -0.329. The molecule has 1 aliphatic rings. The third-order valence-corrected chi connectivity index (χ3v) is 4.04. The predicted molar refractivity (Wildman–Crippen MR) is 76.3 cm³/mol. The third-order valence-electron chi connectivity index (χ3n) is 3.05. The van der Waals surface area contributed by atoms with Crippen molar-refractivity contribution in [2.75, 3.05) is 11.9 Å². The number of carbonyl (C=O) groups is 3. The molecule has 1 aromatic rings. The van der Waals surface area contributed by atoms with E-state index in [0.29, 0.717) is 9.88 Å². The van der Waals surface area contributed by atoms with Crippen LogP contribution in [0.15, 0.2) is 12.1 Å². The maximum atomic E-state index is 11.9. The summed E-state index contributed by atoms with van der Waals surface area (Å²) in [5, 5.41) is 23.3. The maximum Gasteiger partial charge on any atom is 0.326 e. The topological polar surface area (TPSA) is 116 Å². The molecule has 0 radical (unpaired) electrons. The number of aliphatic hydroxyl groups is 1. The molecule has 0 saturated heterocycles. The highest BCUT2D eigenvalue weighted by molar-refractivity contribution is 7.18. The van der Waals surface area contributed by atoms with Gasteiger partial charge in [-0.05, 0) is 25.0 Å². The molecule has 1 unspecified atom stereocenters. The lowest BCUT2D eigenvalue weighted by Crippen LogP contribution is -2.41. The van der Waals surface area contributed by atoms with Crippen molar-refractivity contribution in [3.63, 3.8) is 0 Å². The highest BCUT2D eigenvalue weighted by Gasteiger charge is 2.30. The molecule has 1 saturated carbocycles. The Morgan fingerprint density at radius 3 is 2.62 bits per heavy atom. The van der Waals surface area contributed by atoms with Crippen molar-refractivity contribution in [3.8, 4) is 0 Å². The molecule has 21 heavy (non-hydrogen) atoms. The van der Waals surface area contributed by atoms with Gasteiger partial charge in [-0.3, -0.25) is 9.59 Å². The van der Waals surface area contributed by atoms with Gasteiger partial charge in [-0.15, -0.1) is 11.3 Å². The van der Waals surface area contributed by atoms with Crippen molar-refractivity contribution in [2.24, 2.45) is 5.92 Å². The fourth-order valence-corrected chi connectivity index (χ4v) is 2.52. The lowest BCUT2D eigenvalue weighted by atomic mass is 10.2. The number of thiophene rings is 1. The summed E-state index contributed by atoms with van der Waals surface area (Å²) in [6.07, 6.45) is 1.73. The molecule has 0 bridgehead atoms. The van der Waals surface area contributed by atoms with Gasteiger partial charge in [-0.1, -0.05) is 0 Å². The second-order valence-electron chi connectivity index (χ2n) is 4.80. The number of rotatable bonds is 7. The van der Waals surface area contributed by atoms with E-state index in [0.717, 1.165) is 24.2 Å². The number of aliphatic hydroxyl groups excluding tert-OH is 1. The summed E-state index contributed by atoms with van der Waals surface area (Å²) in [4.78, 5) is 34.7. The second kappa shape index (κ2) is 6.68. The summed E-state index contributed by atoms with van der Waals surface area (Å²) < 4.78 is 0. The van der Waals surface area contributed by atoms with Gasteiger partial charge in [-0.25, -0.2) is 4.79 Å². The first-order chi connectivity index (χ1) is 10.0. The van der Waals surface area contributed by atoms with Gasteiger partial charge in [0.2, 0.25) is 5.91 Å². The molecule has 114 valence electrons. The van der Waals surface area contributed by atoms with Crippen LogP contribution < -0.4 is 10.6 Å². The van der Waals surface area contributed by atoms with Crippen LogP contribution in [0.2, 0.25) is 0 Å². The maximum absolute atomic E-state index is 11.9. The predicted octanol–water partition coefficient (Wildman–Crippen LogP) is 0.662. The van der Waals surface area contributed by atoms with Crippen LogP contribution in [-0.2, 0) is 9.59 Å². The van der Waals surface area contributed by atoms with Crippen molar-refractivity contribution in [1.29, 1.82) is 0 Å². The zero-order chi connectivity index (χ0) is 15.4. The zero-order valence-electron chi connectivity index (χ0n) is 11.2. The number of aliphatic carboxylic acids is 1. The summed E-state index contributed by atoms with van der Waals surface area (Å²) in [5.41, 5.74) is 0. The summed E-state index contributed by atoms with van der Waals surface area (Å²) >= 11 is 1.09. The van der Waals surface area contributed by atoms with Crippen LogP contribution in [-0.4, -0.2) is 40.6 Å². The molecule has 2 rings (SSSR count). The number of hydrogen-bond donors (Lipinski definition) is 4. The molecule has 8 heteroatoms. The van der Waals surface area contributed by atoms with Crippen LogP contribution in [0, 0.1) is 5.92 Å². The molecule has 7 nitrogen and oxygen atoms in total. The van der Waals surface area contributed by atoms with Crippen molar-refractivity contribution >= 4 is 34.1 Å². The molecule has 1 atom stereocenters. The second-order valence-corrected chi connectivity index (χ2v) is 5.89. The van der Waals surface area contributed by atoms with E-state index in [1.165, 1.54) is 6.07 Å². The van der Waals surface area contributed by atoms with Gasteiger partial charge in [0.25, 0.3) is 5.91 Å². The molecule has 1 fully saturated rings. The SMILES string of the molecule is O=C(NC(CCO)C(=O)O)c1ccc(NC(=O)C2CC2)s1. The number of nitrogens with one attached hydrogen (secondary N) is 2. The van der Waals surface area contributed by atoms with Crippen LogP contribution in [0.1, 0.15) is 28.9 Å². The Kier molecular flexibility index (Phi) is 4.92. The Labute approximate surface area is 125 Å². The van der Waals surface area contributed by atoms with E-state index >= 15 is 0 Å². The van der Waals surface area contributed by atoms with E-state index in [-0.39, 0.29) is 24.9 Å². The van der Waals surface area contributed by atoms with E-state index in [1.54, 1.807) is 6.07 Å². The Morgan fingerprint density at radius 2 is 2.05 bits per heavy atom. The van der Waals surface area contributed by atoms with E-state index in [2.05, 4.69) is 10.6 Å². The van der Waals surface area contributed by atoms with Gasteiger partial charge in [0.15, 0.2) is 0 Å². The van der Waals surface area contributed by atoms with Crippen LogP contribution >= 0.6 is 11.3 Å².